The van der Waals surface area contributed by atoms with E-state index in [1.54, 1.807) is 0 Å². The molecule has 0 amide bonds. The van der Waals surface area contributed by atoms with Crippen LogP contribution in [0.1, 0.15) is 41.0 Å². The van der Waals surface area contributed by atoms with E-state index in [0.29, 0.717) is 11.3 Å². The summed E-state index contributed by atoms with van der Waals surface area (Å²) < 4.78 is 10.3. The van der Waals surface area contributed by atoms with Crippen LogP contribution in [0.25, 0.3) is 0 Å². The summed E-state index contributed by atoms with van der Waals surface area (Å²) in [7, 11) is 1.26. The zero-order chi connectivity index (χ0) is 13.5. The fraction of sp³-hybridized carbons (Fsp3) is 0.385. The minimum absolute atomic E-state index is 0.0666. The zero-order valence-corrected chi connectivity index (χ0v) is 11.1. The van der Waals surface area contributed by atoms with Crippen molar-refractivity contribution in [2.45, 2.75) is 25.9 Å². The predicted octanol–water partition coefficient (Wildman–Crippen LogP) is 2.87. The van der Waals surface area contributed by atoms with Crippen LogP contribution in [0.2, 0.25) is 5.02 Å². The molecule has 1 aromatic rings. The second-order valence-corrected chi connectivity index (χ2v) is 5.19. The van der Waals surface area contributed by atoms with Crippen LogP contribution in [0, 0.1) is 0 Å². The van der Waals surface area contributed by atoms with Crippen LogP contribution in [0.3, 0.4) is 0 Å². The lowest BCUT2D eigenvalue weighted by atomic mass is 9.92. The second-order valence-electron chi connectivity index (χ2n) is 4.78. The maximum absolute atomic E-state index is 12.0. The topological polar surface area (TPSA) is 52.6 Å². The molecule has 0 atom stereocenters. The van der Waals surface area contributed by atoms with Crippen LogP contribution >= 0.6 is 11.6 Å². The number of rotatable bonds is 1. The van der Waals surface area contributed by atoms with Crippen molar-refractivity contribution in [3.05, 3.63) is 28.3 Å². The van der Waals surface area contributed by atoms with E-state index in [-0.39, 0.29) is 22.8 Å². The molecule has 2 rings (SSSR count). The lowest BCUT2D eigenvalue weighted by molar-refractivity contribution is 0.0598. The molecular weight excluding hydrogens is 256 g/mol. The Morgan fingerprint density at radius 2 is 2.11 bits per heavy atom. The minimum atomic E-state index is -0.569. The highest BCUT2D eigenvalue weighted by Crippen LogP contribution is 2.36. The molecule has 0 unspecified atom stereocenters. The summed E-state index contributed by atoms with van der Waals surface area (Å²) in [4.78, 5) is 23.5. The first-order valence-corrected chi connectivity index (χ1v) is 5.86. The van der Waals surface area contributed by atoms with Gasteiger partial charge < -0.3 is 9.47 Å². The summed E-state index contributed by atoms with van der Waals surface area (Å²) in [6.07, 6.45) is 0.266. The third kappa shape index (κ3) is 2.20. The Bertz CT molecular complexity index is 534. The molecule has 1 heterocycles. The molecule has 5 heteroatoms. The van der Waals surface area contributed by atoms with Crippen LogP contribution < -0.4 is 4.74 Å². The zero-order valence-electron chi connectivity index (χ0n) is 10.4. The first kappa shape index (κ1) is 12.9. The number of Topliss-reactive ketones (excluding diaryl/α,β-unsaturated/α-hetero) is 1. The average molecular weight is 269 g/mol. The summed E-state index contributed by atoms with van der Waals surface area (Å²) in [5.41, 5.74) is -0.00564. The minimum Gasteiger partial charge on any atom is -0.487 e. The molecule has 0 radical (unpaired) electrons. The van der Waals surface area contributed by atoms with Crippen molar-refractivity contribution in [2.75, 3.05) is 7.11 Å². The standard InChI is InChI=1S/C13H13ClO4/c1-13(2)6-10(15)8-4-7(12(16)17-3)9(14)5-11(8)18-13/h4-5H,6H2,1-3H3. The van der Waals surface area contributed by atoms with Gasteiger partial charge in [-0.2, -0.15) is 0 Å². The summed E-state index contributed by atoms with van der Waals surface area (Å²) in [5, 5.41) is 0.214. The molecule has 0 spiro atoms. The predicted molar refractivity (Wildman–Crippen MR) is 66.4 cm³/mol. The maximum atomic E-state index is 12.0. The number of methoxy groups -OCH3 is 1. The SMILES string of the molecule is COC(=O)c1cc2c(cc1Cl)OC(C)(C)CC2=O. The molecule has 96 valence electrons. The van der Waals surface area contributed by atoms with Crippen molar-refractivity contribution >= 4 is 23.4 Å². The van der Waals surface area contributed by atoms with Gasteiger partial charge in [0.25, 0.3) is 0 Å². The highest BCUT2D eigenvalue weighted by Gasteiger charge is 2.33. The Morgan fingerprint density at radius 1 is 1.44 bits per heavy atom. The molecular formula is C13H13ClO4. The number of benzene rings is 1. The molecule has 0 aliphatic carbocycles. The lowest BCUT2D eigenvalue weighted by Crippen LogP contribution is -2.36. The number of esters is 1. The largest absolute Gasteiger partial charge is 0.487 e. The monoisotopic (exact) mass is 268 g/mol. The molecule has 4 nitrogen and oxygen atoms in total. The van der Waals surface area contributed by atoms with E-state index in [2.05, 4.69) is 4.74 Å². The molecule has 0 bridgehead atoms. The Morgan fingerprint density at radius 3 is 2.72 bits per heavy atom. The molecule has 1 aliphatic rings. The number of fused-ring (bicyclic) bond motifs is 1. The van der Waals surface area contributed by atoms with Crippen molar-refractivity contribution in [3.8, 4) is 5.75 Å². The Kier molecular flexibility index (Phi) is 3.07. The number of hydrogen-bond donors (Lipinski definition) is 0. The van der Waals surface area contributed by atoms with Crippen molar-refractivity contribution in [2.24, 2.45) is 0 Å². The molecule has 0 aromatic heterocycles. The number of hydrogen-bond acceptors (Lipinski definition) is 4. The highest BCUT2D eigenvalue weighted by molar-refractivity contribution is 6.34. The van der Waals surface area contributed by atoms with Crippen LogP contribution in [0.5, 0.6) is 5.75 Å². The molecule has 0 saturated carbocycles. The highest BCUT2D eigenvalue weighted by atomic mass is 35.5. The summed E-state index contributed by atoms with van der Waals surface area (Å²) in [6.45, 7) is 3.66. The quantitative estimate of drug-likeness (QED) is 0.735. The van der Waals surface area contributed by atoms with Gasteiger partial charge in [0.05, 0.1) is 29.7 Å². The molecule has 1 aromatic carbocycles. The lowest BCUT2D eigenvalue weighted by Gasteiger charge is -2.31. The van der Waals surface area contributed by atoms with E-state index >= 15 is 0 Å². The van der Waals surface area contributed by atoms with Gasteiger partial charge in [0, 0.05) is 6.07 Å². The molecule has 1 aliphatic heterocycles. The van der Waals surface area contributed by atoms with Gasteiger partial charge in [0.1, 0.15) is 11.4 Å². The van der Waals surface area contributed by atoms with E-state index in [1.165, 1.54) is 19.2 Å². The van der Waals surface area contributed by atoms with E-state index in [0.717, 1.165) is 0 Å². The Labute approximate surface area is 110 Å². The number of ether oxygens (including phenoxy) is 2. The van der Waals surface area contributed by atoms with Crippen LogP contribution in [-0.2, 0) is 4.74 Å². The molecule has 0 fully saturated rings. The fourth-order valence-corrected chi connectivity index (χ4v) is 2.17. The van der Waals surface area contributed by atoms with E-state index < -0.39 is 11.6 Å². The van der Waals surface area contributed by atoms with Crippen molar-refractivity contribution in [1.82, 2.24) is 0 Å². The summed E-state index contributed by atoms with van der Waals surface area (Å²) >= 11 is 5.98. The third-order valence-electron chi connectivity index (χ3n) is 2.75. The first-order valence-electron chi connectivity index (χ1n) is 5.48. The molecule has 18 heavy (non-hydrogen) atoms. The van der Waals surface area contributed by atoms with Gasteiger partial charge in [-0.25, -0.2) is 4.79 Å². The van der Waals surface area contributed by atoms with Gasteiger partial charge in [-0.05, 0) is 19.9 Å². The Balaban J connectivity index is 2.54. The van der Waals surface area contributed by atoms with Gasteiger partial charge >= 0.3 is 5.97 Å². The van der Waals surface area contributed by atoms with Crippen LogP contribution in [0.4, 0.5) is 0 Å². The van der Waals surface area contributed by atoms with Crippen LogP contribution in [0.15, 0.2) is 12.1 Å². The number of carbonyl (C=O) groups excluding carboxylic acids is 2. The maximum Gasteiger partial charge on any atom is 0.339 e. The normalized spacial score (nSPS) is 16.8. The van der Waals surface area contributed by atoms with E-state index in [1.807, 2.05) is 13.8 Å². The second kappa shape index (κ2) is 4.28. The molecule has 0 N–H and O–H groups in total. The van der Waals surface area contributed by atoms with Crippen molar-refractivity contribution in [1.29, 1.82) is 0 Å². The van der Waals surface area contributed by atoms with Crippen molar-refractivity contribution in [3.63, 3.8) is 0 Å². The summed E-state index contributed by atoms with van der Waals surface area (Å²) in [5.74, 6) is -0.225. The van der Waals surface area contributed by atoms with Gasteiger partial charge in [0.15, 0.2) is 5.78 Å². The first-order chi connectivity index (χ1) is 8.34. The molecule has 0 saturated heterocycles. The Hall–Kier alpha value is -1.55. The van der Waals surface area contributed by atoms with Gasteiger partial charge in [-0.15, -0.1) is 0 Å². The fourth-order valence-electron chi connectivity index (χ4n) is 1.94. The van der Waals surface area contributed by atoms with Crippen molar-refractivity contribution < 1.29 is 19.1 Å². The number of ketones is 1. The number of halogens is 1. The third-order valence-corrected chi connectivity index (χ3v) is 3.06. The van der Waals surface area contributed by atoms with Gasteiger partial charge in [0.2, 0.25) is 0 Å². The van der Waals surface area contributed by atoms with E-state index in [4.69, 9.17) is 16.3 Å². The summed E-state index contributed by atoms with van der Waals surface area (Å²) in [6, 6.07) is 2.92. The van der Waals surface area contributed by atoms with E-state index in [9.17, 15) is 9.59 Å². The number of carbonyl (C=O) groups is 2. The average Bonchev–Trinajstić information content (AvgIpc) is 2.25. The van der Waals surface area contributed by atoms with Gasteiger partial charge in [-0.1, -0.05) is 11.6 Å². The smallest absolute Gasteiger partial charge is 0.339 e. The van der Waals surface area contributed by atoms with Crippen LogP contribution in [-0.4, -0.2) is 24.5 Å². The van der Waals surface area contributed by atoms with Gasteiger partial charge in [-0.3, -0.25) is 4.79 Å².